The average molecular weight is 1810 g/mol. The largest absolute Gasteiger partial charge is 0.508 e. The summed E-state index contributed by atoms with van der Waals surface area (Å²) in [6.07, 6.45) is -15.6. The molecule has 6 aromatic carbocycles. The maximum Gasteiger partial charge on any atom is 0.349 e. The van der Waals surface area contributed by atoms with Gasteiger partial charge in [-0.2, -0.15) is 4.98 Å². The molecular formula is C82H90Cl3N15O26. The zero-order chi connectivity index (χ0) is 91.2. The molecule has 18 atom stereocenters. The number of nitrogens with one attached hydrogen (secondary N) is 11. The predicted octanol–water partition coefficient (Wildman–Crippen LogP) is 0.914. The van der Waals surface area contributed by atoms with Crippen molar-refractivity contribution in [3.05, 3.63) is 180 Å². The van der Waals surface area contributed by atoms with Gasteiger partial charge in [0.15, 0.2) is 23.9 Å². The van der Waals surface area contributed by atoms with Crippen LogP contribution in [0.3, 0.4) is 0 Å². The number of hydrogen-bond acceptors (Lipinski definition) is 29. The normalized spacial score (nSPS) is 25.8. The van der Waals surface area contributed by atoms with E-state index in [4.69, 9.17) is 74.7 Å². The highest BCUT2D eigenvalue weighted by atomic mass is 35.5. The minimum Gasteiger partial charge on any atom is -0.508 e. The molecule has 0 aliphatic carbocycles. The summed E-state index contributed by atoms with van der Waals surface area (Å²) in [5, 5.41) is 129. The van der Waals surface area contributed by atoms with Crippen LogP contribution in [0.5, 0.6) is 46.0 Å². The van der Waals surface area contributed by atoms with Crippen LogP contribution in [0.4, 0.5) is 10.6 Å². The van der Waals surface area contributed by atoms with E-state index in [-0.39, 0.29) is 48.8 Å². The van der Waals surface area contributed by atoms with Crippen LogP contribution in [0, 0.1) is 5.92 Å². The van der Waals surface area contributed by atoms with Crippen molar-refractivity contribution in [3.63, 3.8) is 0 Å². The van der Waals surface area contributed by atoms with Gasteiger partial charge in [0.2, 0.25) is 59.3 Å². The smallest absolute Gasteiger partial charge is 0.349 e. The third-order valence-corrected chi connectivity index (χ3v) is 22.2. The summed E-state index contributed by atoms with van der Waals surface area (Å²) in [6, 6.07) is 5.53. The molecule has 0 spiro atoms. The SMILES string of the molecule is CNC(CC(C)C)C(=O)NC1C(=O)NC(CC(N)=O)C(=O)NC2C(=O)NC3C(=O)NC(C(=O)N[C@@H](C(=O)NNC(N)=O)c4cc(O)cc(O)c4-c4cc3ccc4O)C(O)c3ccc(c(Cl)c3)Oc3cc2cc(c3OC2OC(CO)C(O)C(O)C2OC2C[C@@](C)(NCCn3ccc(NC(=O)/C=C/c4ccc(Cl)cc4)nc3=O)C(O)C(C)O2)Oc2ccc(cc2Cl)C1O. The highest BCUT2D eigenvalue weighted by molar-refractivity contribution is 6.32. The molecule has 16 unspecified atom stereocenters. The number of carbonyl (C=O) groups is 10. The molecule has 0 radical (unpaired) electrons. The average Bonchev–Trinajstić information content (AvgIpc) is 0.764. The number of phenolic OH excluding ortho intramolecular Hbond substituents is 3. The number of halogens is 3. The zero-order valence-electron chi connectivity index (χ0n) is 67.4. The van der Waals surface area contributed by atoms with Crippen molar-refractivity contribution in [2.75, 3.05) is 25.5 Å². The number of benzene rings is 6. The van der Waals surface area contributed by atoms with Crippen LogP contribution in [0.1, 0.15) is 111 Å². The number of hydrogen-bond donors (Lipinski definition) is 22. The van der Waals surface area contributed by atoms with Gasteiger partial charge in [-0.3, -0.25) is 53.1 Å². The first-order chi connectivity index (χ1) is 59.8. The van der Waals surface area contributed by atoms with Gasteiger partial charge in [-0.05, 0) is 145 Å². The highest BCUT2D eigenvalue weighted by Crippen LogP contribution is 2.50. The molecule has 41 nitrogen and oxygen atoms in total. The summed E-state index contributed by atoms with van der Waals surface area (Å²) >= 11 is 20.3. The number of aliphatic hydroxyl groups excluding tert-OH is 6. The molecule has 1 aromatic heterocycles. The fourth-order valence-corrected chi connectivity index (χ4v) is 15.5. The summed E-state index contributed by atoms with van der Waals surface area (Å²) in [5.41, 5.74) is 10.3. The molecule has 126 heavy (non-hydrogen) atoms. The van der Waals surface area contributed by atoms with Gasteiger partial charge >= 0.3 is 11.7 Å². The Morgan fingerprint density at radius 2 is 1.35 bits per heavy atom. The fourth-order valence-electron chi connectivity index (χ4n) is 14.9. The van der Waals surface area contributed by atoms with E-state index in [2.05, 4.69) is 52.8 Å². The predicted molar refractivity (Wildman–Crippen MR) is 444 cm³/mol. The number of nitrogens with two attached hydrogens (primary N) is 2. The second-order valence-electron chi connectivity index (χ2n) is 30.9. The lowest BCUT2D eigenvalue weighted by molar-refractivity contribution is -0.334. The third kappa shape index (κ3) is 21.3. The Labute approximate surface area is 730 Å². The number of fused-ring (bicyclic) bond motifs is 15. The second kappa shape index (κ2) is 39.5. The number of primary amides is 2. The van der Waals surface area contributed by atoms with Crippen LogP contribution >= 0.6 is 34.8 Å². The van der Waals surface area contributed by atoms with Crippen LogP contribution in [-0.2, 0) is 63.9 Å². The molecule has 7 aliphatic heterocycles. The molecule has 0 saturated carbocycles. The molecule has 44 heteroatoms. The number of nitrogens with zero attached hydrogens (tertiary/aromatic N) is 2. The number of aliphatic hydroxyl groups is 6. The Morgan fingerprint density at radius 1 is 0.706 bits per heavy atom. The van der Waals surface area contributed by atoms with Crippen molar-refractivity contribution in [1.29, 1.82) is 0 Å². The number of phenols is 3. The molecule has 8 heterocycles. The quantitative estimate of drug-likeness (QED) is 0.0372. The first kappa shape index (κ1) is 92.8. The fraction of sp³-hybridized carbons (Fsp3) is 0.366. The maximum absolute atomic E-state index is 16.3. The molecule has 670 valence electrons. The molecule has 24 N–H and O–H groups in total. The summed E-state index contributed by atoms with van der Waals surface area (Å²) in [7, 11) is 1.46. The van der Waals surface area contributed by atoms with Gasteiger partial charge in [0.1, 0.15) is 101 Å². The van der Waals surface area contributed by atoms with Gasteiger partial charge in [-0.1, -0.05) is 79.0 Å². The lowest BCUT2D eigenvalue weighted by Gasteiger charge is -2.48. The Kier molecular flexibility index (Phi) is 29.1. The van der Waals surface area contributed by atoms with Gasteiger partial charge in [-0.25, -0.2) is 15.0 Å². The Morgan fingerprint density at radius 3 is 1.98 bits per heavy atom. The van der Waals surface area contributed by atoms with Gasteiger partial charge in [-0.15, -0.1) is 0 Å². The van der Waals surface area contributed by atoms with Crippen LogP contribution in [0.15, 0.2) is 126 Å². The number of amides is 11. The summed E-state index contributed by atoms with van der Waals surface area (Å²) in [5.74, 6) is -16.8. The highest BCUT2D eigenvalue weighted by Gasteiger charge is 2.52. The van der Waals surface area contributed by atoms with E-state index in [1.54, 1.807) is 45.0 Å². The van der Waals surface area contributed by atoms with Crippen LogP contribution in [0.2, 0.25) is 15.1 Å². The number of aromatic nitrogens is 2. The number of rotatable bonds is 20. The number of carbonyl (C=O) groups excluding carboxylic acids is 10. The van der Waals surface area contributed by atoms with Gasteiger partial charge in [0.25, 0.3) is 5.91 Å². The van der Waals surface area contributed by atoms with E-state index in [1.165, 1.54) is 55.1 Å². The Bertz CT molecular complexity index is 5460. The van der Waals surface area contributed by atoms with Gasteiger partial charge in [0, 0.05) is 59.5 Å². The van der Waals surface area contributed by atoms with E-state index in [1.807, 2.05) is 10.9 Å². The molecule has 2 saturated heterocycles. The van der Waals surface area contributed by atoms with E-state index in [0.717, 1.165) is 66.7 Å². The molecule has 7 aromatic rings. The zero-order valence-corrected chi connectivity index (χ0v) is 69.7. The summed E-state index contributed by atoms with van der Waals surface area (Å²) in [6.45, 7) is 5.55. The van der Waals surface area contributed by atoms with E-state index in [0.29, 0.717) is 10.6 Å². The van der Waals surface area contributed by atoms with Crippen molar-refractivity contribution in [3.8, 4) is 57.1 Å². The number of hydrazine groups is 1. The van der Waals surface area contributed by atoms with Crippen LogP contribution in [0.25, 0.3) is 17.2 Å². The van der Waals surface area contributed by atoms with Crippen molar-refractivity contribution >= 4 is 106 Å². The van der Waals surface area contributed by atoms with Crippen molar-refractivity contribution in [1.82, 2.24) is 62.9 Å². The summed E-state index contributed by atoms with van der Waals surface area (Å²) in [4.78, 5) is 162. The standard InChI is InChI=1S/C82H90Cl3N15O26/c1-33(2)22-46(88-5)72(112)96-63-65(107)37-10-15-50(44(84)24-37)122-52-26-39-27-53(69(52)126-79-70(68(110)67(109)54(32-101)124-79)125-58-31-82(4,71(111)34(3)121-58)89-19-21-100-20-18-56(92-81(100)120)91-57(106)17-8-35-6-12-40(83)13-7-35)123-51-16-11-38(25-45(51)85)66(108)64-77(117)95-62(78(118)98-99-80(87)119)43-28-41(102)29-49(104)59(43)42-23-36(9-14-48(42)103)60(74(114)97-64)94-75(115)61(39)93-73(113)47(30-55(86)105)90-76(63)116/h6-18,20,23-29,33-34,46-47,54,58,60-68,70-71,79,88-89,101-104,107-111H,19,21-22,30-32H2,1-5H3,(H2,86,105)(H,90,116)(H,93,113)(H,94,115)(H,95,117)(H,96,112)(H,97,114)(H,98,118)(H3,87,99,119)(H,91,92,106,120)/b17-8+/t34?,46?,47?,54?,58?,60?,61?,62-,63?,64?,65?,66?,67?,68?,70?,71?,79?,82-/m1/s1. The molecule has 11 amide bonds. The molecular weight excluding hydrogens is 1720 g/mol. The lowest BCUT2D eigenvalue weighted by Crippen LogP contribution is -2.65. The first-order valence-corrected chi connectivity index (χ1v) is 40.3. The van der Waals surface area contributed by atoms with Crippen molar-refractivity contribution < 1.29 is 122 Å². The van der Waals surface area contributed by atoms with E-state index < -0.39 is 271 Å². The molecule has 7 aliphatic rings. The van der Waals surface area contributed by atoms with Gasteiger partial charge in [0.05, 0.1) is 41.3 Å². The number of anilines is 1. The first-order valence-electron chi connectivity index (χ1n) is 39.2. The number of ether oxygens (including phenoxy) is 6. The number of likely N-dealkylation sites (N-methyl/N-ethyl adjacent to an activating group) is 1. The maximum atomic E-state index is 16.3. The molecule has 2 fully saturated rings. The Balaban J connectivity index is 0.999. The van der Waals surface area contributed by atoms with Crippen molar-refractivity contribution in [2.24, 2.45) is 17.4 Å². The van der Waals surface area contributed by atoms with Crippen LogP contribution in [-0.4, -0.2) is 214 Å². The number of urea groups is 1. The summed E-state index contributed by atoms with van der Waals surface area (Å²) < 4.78 is 40.6. The Hall–Kier alpha value is -12.3. The molecule has 14 rings (SSSR count). The van der Waals surface area contributed by atoms with E-state index >= 15 is 24.0 Å². The monoisotopic (exact) mass is 1810 g/mol. The minimum absolute atomic E-state index is 0.0427. The minimum atomic E-state index is -2.42. The van der Waals surface area contributed by atoms with E-state index in [9.17, 15) is 74.7 Å². The number of aromatic hydroxyl groups is 3. The van der Waals surface area contributed by atoms with Crippen molar-refractivity contribution in [2.45, 2.75) is 163 Å². The third-order valence-electron chi connectivity index (χ3n) is 21.4. The lowest BCUT2D eigenvalue weighted by atomic mass is 9.85. The second-order valence-corrected chi connectivity index (χ2v) is 32.1. The van der Waals surface area contributed by atoms with Crippen LogP contribution < -0.4 is 90.1 Å². The topological polar surface area (TPSA) is 627 Å². The van der Waals surface area contributed by atoms with Gasteiger partial charge < -0.3 is 134 Å². The molecule has 11 bridgehead atoms.